The lowest BCUT2D eigenvalue weighted by Gasteiger charge is -2.12. The van der Waals surface area contributed by atoms with Crippen LogP contribution in [-0.4, -0.2) is 24.2 Å². The minimum Gasteiger partial charge on any atom is -0.494 e. The molecule has 1 amide bonds. The first-order chi connectivity index (χ1) is 12.1. The van der Waals surface area contributed by atoms with Crippen molar-refractivity contribution in [2.45, 2.75) is 6.92 Å². The number of anilines is 1. The van der Waals surface area contributed by atoms with Crippen molar-refractivity contribution in [3.63, 3.8) is 0 Å². The summed E-state index contributed by atoms with van der Waals surface area (Å²) in [4.78, 5) is 11.7. The number of carbonyl (C=O) groups is 1. The molecule has 0 heterocycles. The second-order valence-electron chi connectivity index (χ2n) is 4.83. The summed E-state index contributed by atoms with van der Waals surface area (Å²) in [5.74, 6) is 0.533. The van der Waals surface area contributed by atoms with Crippen LogP contribution in [0.25, 0.3) is 0 Å². The maximum atomic E-state index is 12.8. The lowest BCUT2D eigenvalue weighted by Crippen LogP contribution is -2.45. The summed E-state index contributed by atoms with van der Waals surface area (Å²) in [6.07, 6.45) is 0. The van der Waals surface area contributed by atoms with Crippen molar-refractivity contribution in [2.24, 2.45) is 0 Å². The first kappa shape index (κ1) is 18.5. The molecule has 0 bridgehead atoms. The van der Waals surface area contributed by atoms with E-state index in [2.05, 4.69) is 16.2 Å². The fraction of sp³-hybridized carbons (Fsp3) is 0.176. The van der Waals surface area contributed by atoms with Crippen molar-refractivity contribution in [2.75, 3.05) is 18.5 Å². The minimum atomic E-state index is -0.405. The standard InChI is InChI=1S/C17H18FN3O3S/c1-2-23-14-7-9-15(10-8-14)24-11-16(22)20-21-17(25)19-13-5-3-12(18)4-6-13/h3-10H,2,11H2,1H3,(H,20,22)(H2,19,21,25). The number of carbonyl (C=O) groups excluding carboxylic acids is 1. The maximum absolute atomic E-state index is 12.8. The molecule has 0 aliphatic carbocycles. The minimum absolute atomic E-state index is 0.168. The molecule has 6 nitrogen and oxygen atoms in total. The lowest BCUT2D eigenvalue weighted by molar-refractivity contribution is -0.123. The lowest BCUT2D eigenvalue weighted by atomic mass is 10.3. The molecule has 0 atom stereocenters. The molecule has 0 saturated carbocycles. The first-order valence-electron chi connectivity index (χ1n) is 7.54. The Morgan fingerprint density at radius 1 is 1.00 bits per heavy atom. The van der Waals surface area contributed by atoms with Crippen LogP contribution >= 0.6 is 12.2 Å². The van der Waals surface area contributed by atoms with E-state index in [1.54, 1.807) is 24.3 Å². The van der Waals surface area contributed by atoms with Gasteiger partial charge in [0, 0.05) is 5.69 Å². The second kappa shape index (κ2) is 9.43. The summed E-state index contributed by atoms with van der Waals surface area (Å²) >= 11 is 5.02. The average molecular weight is 363 g/mol. The summed E-state index contributed by atoms with van der Waals surface area (Å²) in [5.41, 5.74) is 5.53. The fourth-order valence-electron chi connectivity index (χ4n) is 1.81. The molecule has 0 unspecified atom stereocenters. The van der Waals surface area contributed by atoms with E-state index in [-0.39, 0.29) is 17.5 Å². The molecule has 0 fully saturated rings. The largest absolute Gasteiger partial charge is 0.494 e. The number of ether oxygens (including phenoxy) is 2. The Labute approximate surface area is 150 Å². The quantitative estimate of drug-likeness (QED) is 0.541. The average Bonchev–Trinajstić information content (AvgIpc) is 2.61. The fourth-order valence-corrected chi connectivity index (χ4v) is 1.97. The number of nitrogens with one attached hydrogen (secondary N) is 3. The summed E-state index contributed by atoms with van der Waals surface area (Å²) in [6, 6.07) is 12.6. The van der Waals surface area contributed by atoms with E-state index in [9.17, 15) is 9.18 Å². The van der Waals surface area contributed by atoms with Crippen molar-refractivity contribution in [1.29, 1.82) is 0 Å². The first-order valence-corrected chi connectivity index (χ1v) is 7.94. The van der Waals surface area contributed by atoms with Gasteiger partial charge in [0.1, 0.15) is 17.3 Å². The van der Waals surface area contributed by atoms with Crippen LogP contribution in [0.4, 0.5) is 10.1 Å². The predicted molar refractivity (Wildman–Crippen MR) is 97.0 cm³/mol. The van der Waals surface area contributed by atoms with Gasteiger partial charge in [-0.2, -0.15) is 0 Å². The van der Waals surface area contributed by atoms with Gasteiger partial charge >= 0.3 is 0 Å². The highest BCUT2D eigenvalue weighted by Gasteiger charge is 2.04. The van der Waals surface area contributed by atoms with Crippen molar-refractivity contribution in [3.05, 3.63) is 54.3 Å². The molecule has 2 aromatic rings. The van der Waals surface area contributed by atoms with Gasteiger partial charge in [-0.25, -0.2) is 4.39 Å². The van der Waals surface area contributed by atoms with Crippen LogP contribution in [0.3, 0.4) is 0 Å². The van der Waals surface area contributed by atoms with E-state index >= 15 is 0 Å². The number of hydrogen-bond acceptors (Lipinski definition) is 4. The van der Waals surface area contributed by atoms with Gasteiger partial charge in [-0.15, -0.1) is 0 Å². The molecule has 2 rings (SSSR count). The molecule has 0 saturated heterocycles. The third-order valence-corrected chi connectivity index (χ3v) is 3.13. The zero-order valence-electron chi connectivity index (χ0n) is 13.5. The van der Waals surface area contributed by atoms with Crippen LogP contribution in [0.1, 0.15) is 6.92 Å². The van der Waals surface area contributed by atoms with E-state index in [0.29, 0.717) is 18.0 Å². The highest BCUT2D eigenvalue weighted by molar-refractivity contribution is 7.80. The number of hydrogen-bond donors (Lipinski definition) is 3. The smallest absolute Gasteiger partial charge is 0.276 e. The summed E-state index contributed by atoms with van der Waals surface area (Å²) in [6.45, 7) is 2.30. The molecule has 0 aliphatic heterocycles. The Kier molecular flexibility index (Phi) is 6.97. The molecule has 0 spiro atoms. The number of amides is 1. The number of thiocarbonyl (C=S) groups is 1. The van der Waals surface area contributed by atoms with Crippen molar-refractivity contribution in [3.8, 4) is 11.5 Å². The number of rotatable bonds is 6. The molecular formula is C17H18FN3O3S. The number of benzene rings is 2. The van der Waals surface area contributed by atoms with Crippen molar-refractivity contribution >= 4 is 28.9 Å². The topological polar surface area (TPSA) is 71.6 Å². The Morgan fingerprint density at radius 3 is 2.20 bits per heavy atom. The van der Waals surface area contributed by atoms with E-state index in [1.807, 2.05) is 6.92 Å². The van der Waals surface area contributed by atoms with Gasteiger partial charge < -0.3 is 14.8 Å². The van der Waals surface area contributed by atoms with E-state index < -0.39 is 5.91 Å². The molecule has 8 heteroatoms. The van der Waals surface area contributed by atoms with E-state index in [0.717, 1.165) is 5.75 Å². The number of halogens is 1. The number of hydrazine groups is 1. The normalized spacial score (nSPS) is 9.84. The van der Waals surface area contributed by atoms with Gasteiger partial charge in [0.05, 0.1) is 6.61 Å². The van der Waals surface area contributed by atoms with E-state index in [1.165, 1.54) is 24.3 Å². The van der Waals surface area contributed by atoms with Gasteiger partial charge in [0.2, 0.25) is 0 Å². The van der Waals surface area contributed by atoms with E-state index in [4.69, 9.17) is 21.7 Å². The van der Waals surface area contributed by atoms with Gasteiger partial charge in [0.25, 0.3) is 5.91 Å². The Morgan fingerprint density at radius 2 is 1.60 bits per heavy atom. The van der Waals surface area contributed by atoms with Crippen molar-refractivity contribution < 1.29 is 18.7 Å². The Balaban J connectivity index is 1.69. The molecule has 0 aliphatic rings. The van der Waals surface area contributed by atoms with Crippen LogP contribution in [0, 0.1) is 5.82 Å². The molecule has 0 aromatic heterocycles. The molecule has 3 N–H and O–H groups in total. The Bertz CT molecular complexity index is 708. The molecule has 132 valence electrons. The molecular weight excluding hydrogens is 345 g/mol. The predicted octanol–water partition coefficient (Wildman–Crippen LogP) is 2.62. The van der Waals surface area contributed by atoms with Gasteiger partial charge in [-0.1, -0.05) is 0 Å². The summed E-state index contributed by atoms with van der Waals surface area (Å²) in [7, 11) is 0. The Hall–Kier alpha value is -2.87. The van der Waals surface area contributed by atoms with Crippen LogP contribution in [0.15, 0.2) is 48.5 Å². The zero-order chi connectivity index (χ0) is 18.1. The van der Waals surface area contributed by atoms with Gasteiger partial charge in [-0.3, -0.25) is 15.6 Å². The zero-order valence-corrected chi connectivity index (χ0v) is 14.4. The highest BCUT2D eigenvalue weighted by Crippen LogP contribution is 2.17. The molecule has 2 aromatic carbocycles. The monoisotopic (exact) mass is 363 g/mol. The summed E-state index contributed by atoms with van der Waals surface area (Å²) < 4.78 is 23.5. The second-order valence-corrected chi connectivity index (χ2v) is 5.24. The van der Waals surface area contributed by atoms with Gasteiger partial charge in [-0.05, 0) is 67.7 Å². The van der Waals surface area contributed by atoms with Crippen LogP contribution in [0.5, 0.6) is 11.5 Å². The third-order valence-electron chi connectivity index (χ3n) is 2.92. The third kappa shape index (κ3) is 6.64. The summed E-state index contributed by atoms with van der Waals surface area (Å²) in [5, 5.41) is 2.97. The van der Waals surface area contributed by atoms with Crippen LogP contribution in [-0.2, 0) is 4.79 Å². The molecule has 0 radical (unpaired) electrons. The van der Waals surface area contributed by atoms with Crippen molar-refractivity contribution in [1.82, 2.24) is 10.9 Å². The molecule has 25 heavy (non-hydrogen) atoms. The van der Waals surface area contributed by atoms with Crippen LogP contribution in [0.2, 0.25) is 0 Å². The maximum Gasteiger partial charge on any atom is 0.276 e. The highest BCUT2D eigenvalue weighted by atomic mass is 32.1. The van der Waals surface area contributed by atoms with Crippen LogP contribution < -0.4 is 25.6 Å². The SMILES string of the molecule is CCOc1ccc(OCC(=O)NNC(=S)Nc2ccc(F)cc2)cc1. The van der Waals surface area contributed by atoms with Gasteiger partial charge in [0.15, 0.2) is 11.7 Å².